The molecule has 1 heterocycles. The van der Waals surface area contributed by atoms with Crippen molar-refractivity contribution in [2.24, 2.45) is 7.05 Å². The molecule has 0 saturated carbocycles. The maximum Gasteiger partial charge on any atom is 0.329 e. The van der Waals surface area contributed by atoms with Crippen LogP contribution in [0.2, 0.25) is 0 Å². The minimum absolute atomic E-state index is 0.183. The largest absolute Gasteiger partial charge is 0.464 e. The van der Waals surface area contributed by atoms with Crippen LogP contribution in [-0.4, -0.2) is 40.1 Å². The monoisotopic (exact) mass is 257 g/mol. The number of nitrogens with one attached hydrogen (secondary N) is 1. The Kier molecular flexibility index (Phi) is 5.02. The van der Waals surface area contributed by atoms with Crippen molar-refractivity contribution in [3.63, 3.8) is 0 Å². The Hall–Kier alpha value is -1.50. The van der Waals surface area contributed by atoms with E-state index in [1.165, 1.54) is 10.9 Å². The second-order valence-electron chi connectivity index (χ2n) is 3.30. The van der Waals surface area contributed by atoms with Crippen molar-refractivity contribution in [2.75, 3.05) is 12.4 Å². The topological polar surface area (TPSA) is 73.2 Å². The summed E-state index contributed by atoms with van der Waals surface area (Å²) in [6.45, 7) is 1.97. The van der Waals surface area contributed by atoms with Crippen LogP contribution in [0.1, 0.15) is 17.4 Å². The van der Waals surface area contributed by atoms with Crippen LogP contribution in [0.25, 0.3) is 0 Å². The summed E-state index contributed by atoms with van der Waals surface area (Å²) in [5.41, 5.74) is 0.376. The van der Waals surface area contributed by atoms with Gasteiger partial charge in [-0.3, -0.25) is 9.48 Å². The molecule has 0 aliphatic heterocycles. The third kappa shape index (κ3) is 3.48. The van der Waals surface area contributed by atoms with Crippen molar-refractivity contribution < 1.29 is 14.3 Å². The van der Waals surface area contributed by atoms with E-state index in [0.717, 1.165) is 0 Å². The number of aryl methyl sites for hydroxylation is 1. The van der Waals surface area contributed by atoms with Crippen LogP contribution in [-0.2, 0) is 16.6 Å². The molecule has 0 fully saturated rings. The molecule has 0 bridgehead atoms. The van der Waals surface area contributed by atoms with Crippen LogP contribution in [0.3, 0.4) is 0 Å². The van der Waals surface area contributed by atoms with E-state index in [0.29, 0.717) is 5.69 Å². The first-order chi connectivity index (χ1) is 8.10. The van der Waals surface area contributed by atoms with Crippen molar-refractivity contribution >= 4 is 24.5 Å². The minimum Gasteiger partial charge on any atom is -0.464 e. The highest BCUT2D eigenvalue weighted by molar-refractivity contribution is 7.80. The van der Waals surface area contributed by atoms with E-state index in [-0.39, 0.29) is 18.3 Å². The lowest BCUT2D eigenvalue weighted by molar-refractivity contribution is -0.144. The Morgan fingerprint density at radius 1 is 1.65 bits per heavy atom. The predicted octanol–water partition coefficient (Wildman–Crippen LogP) is 0.0114. The van der Waals surface area contributed by atoms with Gasteiger partial charge >= 0.3 is 5.97 Å². The van der Waals surface area contributed by atoms with Crippen LogP contribution >= 0.6 is 12.6 Å². The SMILES string of the molecule is CCOC(=O)[C@H](CS)NC(=O)c1ccnn1C. The number of aromatic nitrogens is 2. The molecule has 1 N–H and O–H groups in total. The lowest BCUT2D eigenvalue weighted by Crippen LogP contribution is -2.43. The zero-order chi connectivity index (χ0) is 12.8. The van der Waals surface area contributed by atoms with Gasteiger partial charge in [-0.15, -0.1) is 0 Å². The van der Waals surface area contributed by atoms with Crippen LogP contribution in [0.5, 0.6) is 0 Å². The van der Waals surface area contributed by atoms with Crippen molar-refractivity contribution in [3.8, 4) is 0 Å². The van der Waals surface area contributed by atoms with E-state index in [2.05, 4.69) is 23.0 Å². The van der Waals surface area contributed by atoms with Gasteiger partial charge in [0.15, 0.2) is 0 Å². The fourth-order valence-electron chi connectivity index (χ4n) is 1.25. The Bertz CT molecular complexity index is 405. The molecular weight excluding hydrogens is 242 g/mol. The van der Waals surface area contributed by atoms with Gasteiger partial charge in [0.1, 0.15) is 11.7 Å². The summed E-state index contributed by atoms with van der Waals surface area (Å²) >= 11 is 4.01. The van der Waals surface area contributed by atoms with Gasteiger partial charge in [-0.2, -0.15) is 17.7 Å². The van der Waals surface area contributed by atoms with Gasteiger partial charge in [0, 0.05) is 19.0 Å². The number of thiol groups is 1. The molecule has 1 aromatic heterocycles. The van der Waals surface area contributed by atoms with E-state index >= 15 is 0 Å². The molecule has 0 aliphatic rings. The maximum atomic E-state index is 11.8. The molecule has 0 unspecified atom stereocenters. The number of nitrogens with zero attached hydrogens (tertiary/aromatic N) is 2. The minimum atomic E-state index is -0.749. The van der Waals surface area contributed by atoms with Gasteiger partial charge in [-0.1, -0.05) is 0 Å². The fraction of sp³-hybridized carbons (Fsp3) is 0.500. The second-order valence-corrected chi connectivity index (χ2v) is 3.67. The molecule has 1 amide bonds. The number of amides is 1. The lowest BCUT2D eigenvalue weighted by Gasteiger charge is -2.14. The van der Waals surface area contributed by atoms with Gasteiger partial charge < -0.3 is 10.1 Å². The van der Waals surface area contributed by atoms with Gasteiger partial charge in [-0.05, 0) is 13.0 Å². The molecule has 1 aromatic rings. The van der Waals surface area contributed by atoms with E-state index in [1.807, 2.05) is 0 Å². The lowest BCUT2D eigenvalue weighted by atomic mass is 10.3. The van der Waals surface area contributed by atoms with E-state index < -0.39 is 12.0 Å². The predicted molar refractivity (Wildman–Crippen MR) is 64.9 cm³/mol. The molecule has 1 rings (SSSR count). The number of hydrogen-bond donors (Lipinski definition) is 2. The van der Waals surface area contributed by atoms with Crippen molar-refractivity contribution in [1.29, 1.82) is 0 Å². The first kappa shape index (κ1) is 13.6. The number of hydrogen-bond acceptors (Lipinski definition) is 5. The summed E-state index contributed by atoms with van der Waals surface area (Å²) in [5, 5.41) is 6.42. The molecule has 0 saturated heterocycles. The van der Waals surface area contributed by atoms with Crippen molar-refractivity contribution in [1.82, 2.24) is 15.1 Å². The van der Waals surface area contributed by atoms with Gasteiger partial charge in [-0.25, -0.2) is 4.79 Å². The fourth-order valence-corrected chi connectivity index (χ4v) is 1.49. The molecule has 0 aliphatic carbocycles. The van der Waals surface area contributed by atoms with Gasteiger partial charge in [0.05, 0.1) is 6.61 Å². The number of rotatable bonds is 5. The number of esters is 1. The Morgan fingerprint density at radius 3 is 2.82 bits per heavy atom. The second kappa shape index (κ2) is 6.29. The first-order valence-electron chi connectivity index (χ1n) is 5.16. The zero-order valence-electron chi connectivity index (χ0n) is 9.71. The maximum absolute atomic E-state index is 11.8. The summed E-state index contributed by atoms with van der Waals surface area (Å²) in [7, 11) is 1.65. The normalized spacial score (nSPS) is 11.9. The number of carbonyl (C=O) groups excluding carboxylic acids is 2. The smallest absolute Gasteiger partial charge is 0.329 e. The highest BCUT2D eigenvalue weighted by Gasteiger charge is 2.22. The van der Waals surface area contributed by atoms with E-state index in [4.69, 9.17) is 4.74 Å². The van der Waals surface area contributed by atoms with Crippen LogP contribution < -0.4 is 5.32 Å². The molecule has 7 heteroatoms. The summed E-state index contributed by atoms with van der Waals surface area (Å²) in [5.74, 6) is -0.683. The average Bonchev–Trinajstić information content (AvgIpc) is 2.72. The third-order valence-electron chi connectivity index (χ3n) is 2.11. The van der Waals surface area contributed by atoms with Crippen LogP contribution in [0.15, 0.2) is 12.3 Å². The number of carbonyl (C=O) groups is 2. The van der Waals surface area contributed by atoms with E-state index in [1.54, 1.807) is 20.0 Å². The molecule has 1 atom stereocenters. The van der Waals surface area contributed by atoms with E-state index in [9.17, 15) is 9.59 Å². The molecule has 17 heavy (non-hydrogen) atoms. The molecule has 0 aromatic carbocycles. The molecule has 6 nitrogen and oxygen atoms in total. The molecule has 0 spiro atoms. The Balaban J connectivity index is 2.66. The molecule has 94 valence electrons. The van der Waals surface area contributed by atoms with Crippen LogP contribution in [0, 0.1) is 0 Å². The average molecular weight is 257 g/mol. The quantitative estimate of drug-likeness (QED) is 0.576. The summed E-state index contributed by atoms with van der Waals surface area (Å²) < 4.78 is 6.25. The van der Waals surface area contributed by atoms with Gasteiger partial charge in [0.2, 0.25) is 0 Å². The van der Waals surface area contributed by atoms with Gasteiger partial charge in [0.25, 0.3) is 5.91 Å². The summed E-state index contributed by atoms with van der Waals surface area (Å²) in [6.07, 6.45) is 1.51. The summed E-state index contributed by atoms with van der Waals surface area (Å²) in [6, 6.07) is 0.816. The Morgan fingerprint density at radius 2 is 2.35 bits per heavy atom. The third-order valence-corrected chi connectivity index (χ3v) is 2.48. The van der Waals surface area contributed by atoms with Crippen molar-refractivity contribution in [2.45, 2.75) is 13.0 Å². The van der Waals surface area contributed by atoms with Crippen molar-refractivity contribution in [3.05, 3.63) is 18.0 Å². The Labute approximate surface area is 105 Å². The standard InChI is InChI=1S/C10H15N3O3S/c1-3-16-10(15)7(6-17)12-9(14)8-4-5-11-13(8)2/h4-5,7,17H,3,6H2,1-2H3,(H,12,14)/t7-/m0/s1. The first-order valence-corrected chi connectivity index (χ1v) is 5.79. The van der Waals surface area contributed by atoms with Crippen LogP contribution in [0.4, 0.5) is 0 Å². The highest BCUT2D eigenvalue weighted by Crippen LogP contribution is 1.99. The highest BCUT2D eigenvalue weighted by atomic mass is 32.1. The number of ether oxygens (including phenoxy) is 1. The zero-order valence-corrected chi connectivity index (χ0v) is 10.6. The summed E-state index contributed by atoms with van der Waals surface area (Å²) in [4.78, 5) is 23.2. The molecular formula is C10H15N3O3S. The molecule has 0 radical (unpaired) electrons.